The number of amidine groups is 1. The summed E-state index contributed by atoms with van der Waals surface area (Å²) in [4.78, 5) is 38.6. The maximum Gasteiger partial charge on any atom is 0.272 e. The van der Waals surface area contributed by atoms with E-state index >= 15 is 0 Å². The summed E-state index contributed by atoms with van der Waals surface area (Å²) in [5, 5.41) is 19.3. The number of amides is 3. The first-order chi connectivity index (χ1) is 21.5. The van der Waals surface area contributed by atoms with Gasteiger partial charge >= 0.3 is 0 Å². The molecule has 0 atom stereocenters. The Bertz CT molecular complexity index is 1710. The molecular formula is C34H39N7O4. The van der Waals surface area contributed by atoms with Crippen molar-refractivity contribution in [1.29, 1.82) is 5.41 Å². The van der Waals surface area contributed by atoms with Crippen LogP contribution >= 0.6 is 0 Å². The number of ether oxygens (including phenoxy) is 1. The number of anilines is 2. The minimum atomic E-state index is -0.393. The summed E-state index contributed by atoms with van der Waals surface area (Å²) < 4.78 is 8.50. The van der Waals surface area contributed by atoms with E-state index in [1.807, 2.05) is 62.4 Å². The van der Waals surface area contributed by atoms with Crippen molar-refractivity contribution in [2.24, 2.45) is 14.1 Å². The summed E-state index contributed by atoms with van der Waals surface area (Å²) in [5.41, 5.74) is 4.04. The normalized spacial score (nSPS) is 11.0. The van der Waals surface area contributed by atoms with E-state index < -0.39 is 5.91 Å². The van der Waals surface area contributed by atoms with Gasteiger partial charge in [0.2, 0.25) is 0 Å². The van der Waals surface area contributed by atoms with Gasteiger partial charge in [-0.2, -0.15) is 0 Å². The van der Waals surface area contributed by atoms with Crippen LogP contribution in [0.1, 0.15) is 62.7 Å². The van der Waals surface area contributed by atoms with Crippen LogP contribution in [0.5, 0.6) is 5.75 Å². The van der Waals surface area contributed by atoms with E-state index in [0.29, 0.717) is 47.1 Å². The molecule has 2 heterocycles. The van der Waals surface area contributed by atoms with E-state index in [2.05, 4.69) is 21.3 Å². The van der Waals surface area contributed by atoms with Gasteiger partial charge in [-0.3, -0.25) is 19.8 Å². The molecule has 0 fully saturated rings. The fourth-order valence-electron chi connectivity index (χ4n) is 4.61. The largest absolute Gasteiger partial charge is 0.497 e. The highest BCUT2D eigenvalue weighted by Crippen LogP contribution is 2.19. The number of aromatic nitrogens is 2. The van der Waals surface area contributed by atoms with Crippen LogP contribution in [-0.2, 0) is 14.1 Å². The Morgan fingerprint density at radius 1 is 0.822 bits per heavy atom. The lowest BCUT2D eigenvalue weighted by Gasteiger charge is -2.11. The van der Waals surface area contributed by atoms with Crippen molar-refractivity contribution in [3.8, 4) is 5.75 Å². The molecule has 0 saturated heterocycles. The summed E-state index contributed by atoms with van der Waals surface area (Å²) in [7, 11) is 5.06. The monoisotopic (exact) mass is 609 g/mol. The summed E-state index contributed by atoms with van der Waals surface area (Å²) in [6.07, 6.45) is 7.63. The van der Waals surface area contributed by atoms with Gasteiger partial charge in [0.15, 0.2) is 0 Å². The van der Waals surface area contributed by atoms with Crippen molar-refractivity contribution in [2.75, 3.05) is 24.3 Å². The number of carbonyl (C=O) groups excluding carboxylic acids is 3. The third-order valence-electron chi connectivity index (χ3n) is 6.85. The van der Waals surface area contributed by atoms with Crippen LogP contribution in [0.25, 0.3) is 12.2 Å². The Morgan fingerprint density at radius 3 is 2.04 bits per heavy atom. The molecular weight excluding hydrogens is 570 g/mol. The second-order valence-electron chi connectivity index (χ2n) is 10.9. The number of rotatable bonds is 12. The Labute approximate surface area is 262 Å². The SMILES string of the molecule is COc1cccc(/C=C/c2ccc(C(=O)Nc3cc(C(=O)Nc4cc(C(=O)NCCC(=N)NC(C)C)n(C)c4)n(C)c3)cc2)c1. The Kier molecular flexibility index (Phi) is 10.6. The fraction of sp³-hybridized carbons (Fsp3) is 0.235. The van der Waals surface area contributed by atoms with Crippen molar-refractivity contribution >= 4 is 47.1 Å². The lowest BCUT2D eigenvalue weighted by atomic mass is 10.1. The molecule has 45 heavy (non-hydrogen) atoms. The number of hydrogen-bond acceptors (Lipinski definition) is 5. The molecule has 0 aliphatic rings. The average Bonchev–Trinajstić information content (AvgIpc) is 3.56. The molecule has 11 nitrogen and oxygen atoms in total. The molecule has 0 bridgehead atoms. The first kappa shape index (κ1) is 32.3. The van der Waals surface area contributed by atoms with Gasteiger partial charge in [0.1, 0.15) is 17.1 Å². The van der Waals surface area contributed by atoms with Crippen LogP contribution in [0, 0.1) is 5.41 Å². The van der Waals surface area contributed by atoms with Crippen LogP contribution in [0.4, 0.5) is 11.4 Å². The molecule has 2 aromatic heterocycles. The molecule has 4 aromatic rings. The van der Waals surface area contributed by atoms with Crippen molar-refractivity contribution < 1.29 is 19.1 Å². The highest BCUT2D eigenvalue weighted by atomic mass is 16.5. The topological polar surface area (TPSA) is 142 Å². The fourth-order valence-corrected chi connectivity index (χ4v) is 4.61. The van der Waals surface area contributed by atoms with Crippen LogP contribution < -0.4 is 26.0 Å². The number of hydrogen-bond donors (Lipinski definition) is 5. The summed E-state index contributed by atoms with van der Waals surface area (Å²) in [5.74, 6) is 0.139. The summed E-state index contributed by atoms with van der Waals surface area (Å²) >= 11 is 0. The van der Waals surface area contributed by atoms with Gasteiger partial charge in [-0.1, -0.05) is 36.4 Å². The molecule has 5 N–H and O–H groups in total. The average molecular weight is 610 g/mol. The Balaban J connectivity index is 1.32. The standard InChI is InChI=1S/C34H39N7O4/c1-22(2)37-31(35)15-16-36-33(43)29-18-27(21-40(29)3)39-34(44)30-19-26(20-41(30)4)38-32(42)25-13-11-23(12-14-25)9-10-24-7-6-8-28(17-24)45-5/h6-14,17-22H,15-16H2,1-5H3,(H2,35,37)(H,36,43)(H,38,42)(H,39,44)/b10-9+. The number of benzene rings is 2. The molecule has 234 valence electrons. The number of nitrogens with one attached hydrogen (secondary N) is 5. The summed E-state index contributed by atoms with van der Waals surface area (Å²) in [6, 6.07) is 18.3. The van der Waals surface area contributed by atoms with E-state index in [-0.39, 0.29) is 17.9 Å². The summed E-state index contributed by atoms with van der Waals surface area (Å²) in [6.45, 7) is 4.21. The number of carbonyl (C=O) groups is 3. The quantitative estimate of drug-likeness (QED) is 0.0859. The first-order valence-electron chi connectivity index (χ1n) is 14.5. The molecule has 3 amide bonds. The smallest absolute Gasteiger partial charge is 0.272 e. The van der Waals surface area contributed by atoms with E-state index in [1.165, 1.54) is 0 Å². The van der Waals surface area contributed by atoms with Crippen molar-refractivity contribution in [3.63, 3.8) is 0 Å². The van der Waals surface area contributed by atoms with Gasteiger partial charge in [-0.25, -0.2) is 0 Å². The third kappa shape index (κ3) is 8.96. The lowest BCUT2D eigenvalue weighted by molar-refractivity contribution is 0.0945. The van der Waals surface area contributed by atoms with E-state index in [4.69, 9.17) is 10.1 Å². The van der Waals surface area contributed by atoms with E-state index in [1.54, 1.807) is 67.0 Å². The van der Waals surface area contributed by atoms with Crippen molar-refractivity contribution in [3.05, 3.63) is 101 Å². The molecule has 0 aliphatic carbocycles. The van der Waals surface area contributed by atoms with Crippen LogP contribution in [-0.4, -0.2) is 52.4 Å². The van der Waals surface area contributed by atoms with Crippen molar-refractivity contribution in [2.45, 2.75) is 26.3 Å². The highest BCUT2D eigenvalue weighted by Gasteiger charge is 2.17. The van der Waals surface area contributed by atoms with Gasteiger partial charge in [0.05, 0.1) is 24.3 Å². The van der Waals surface area contributed by atoms with Crippen LogP contribution in [0.3, 0.4) is 0 Å². The van der Waals surface area contributed by atoms with Gasteiger partial charge in [0.25, 0.3) is 17.7 Å². The number of nitrogens with zero attached hydrogens (tertiary/aromatic N) is 2. The molecule has 0 unspecified atom stereocenters. The minimum Gasteiger partial charge on any atom is -0.497 e. The second kappa shape index (κ2) is 14.7. The van der Waals surface area contributed by atoms with E-state index in [0.717, 1.165) is 16.9 Å². The second-order valence-corrected chi connectivity index (χ2v) is 10.9. The Hall–Kier alpha value is -5.58. The molecule has 2 aromatic carbocycles. The van der Waals surface area contributed by atoms with Gasteiger partial charge in [-0.05, 0) is 61.4 Å². The van der Waals surface area contributed by atoms with Gasteiger partial charge < -0.3 is 35.1 Å². The predicted octanol–water partition coefficient (Wildman–Crippen LogP) is 5.14. The minimum absolute atomic E-state index is 0.154. The van der Waals surface area contributed by atoms with Crippen molar-refractivity contribution in [1.82, 2.24) is 19.8 Å². The van der Waals surface area contributed by atoms with Crippen LogP contribution in [0.15, 0.2) is 73.1 Å². The zero-order valence-electron chi connectivity index (χ0n) is 26.1. The van der Waals surface area contributed by atoms with Gasteiger partial charge in [-0.15, -0.1) is 0 Å². The molecule has 4 rings (SSSR count). The van der Waals surface area contributed by atoms with Crippen LogP contribution in [0.2, 0.25) is 0 Å². The zero-order chi connectivity index (χ0) is 32.5. The molecule has 0 aliphatic heterocycles. The lowest BCUT2D eigenvalue weighted by Crippen LogP contribution is -2.34. The molecule has 11 heteroatoms. The molecule has 0 spiro atoms. The third-order valence-corrected chi connectivity index (χ3v) is 6.85. The maximum atomic E-state index is 13.1. The highest BCUT2D eigenvalue weighted by molar-refractivity contribution is 6.07. The zero-order valence-corrected chi connectivity index (χ0v) is 26.1. The molecule has 0 radical (unpaired) electrons. The maximum absolute atomic E-state index is 13.1. The first-order valence-corrected chi connectivity index (χ1v) is 14.5. The van der Waals surface area contributed by atoms with E-state index in [9.17, 15) is 14.4 Å². The van der Waals surface area contributed by atoms with Gasteiger partial charge in [0, 0.05) is 51.1 Å². The number of aryl methyl sites for hydroxylation is 2. The Morgan fingerprint density at radius 2 is 1.42 bits per heavy atom. The molecule has 0 saturated carbocycles. The number of methoxy groups -OCH3 is 1. The predicted molar refractivity (Wildman–Crippen MR) is 178 cm³/mol.